The van der Waals surface area contributed by atoms with Crippen LogP contribution in [0.2, 0.25) is 0 Å². The second-order valence-electron chi connectivity index (χ2n) is 5.55. The molecule has 0 amide bonds. The maximum atomic E-state index is 5.16. The monoisotopic (exact) mass is 242 g/mol. The molecule has 1 fully saturated rings. The first-order valence-corrected chi connectivity index (χ1v) is 7.13. The molecule has 0 aromatic heterocycles. The smallest absolute Gasteiger partial charge is 0.0474 e. The van der Waals surface area contributed by atoms with Crippen molar-refractivity contribution in [1.82, 2.24) is 10.2 Å². The fourth-order valence-corrected chi connectivity index (χ4v) is 2.65. The van der Waals surface area contributed by atoms with Crippen LogP contribution in [0.4, 0.5) is 0 Å². The van der Waals surface area contributed by atoms with Crippen molar-refractivity contribution in [2.24, 2.45) is 0 Å². The number of ether oxygens (including phenoxy) is 1. The molecule has 0 aromatic carbocycles. The van der Waals surface area contributed by atoms with Crippen LogP contribution < -0.4 is 5.32 Å². The predicted molar refractivity (Wildman–Crippen MR) is 73.5 cm³/mol. The van der Waals surface area contributed by atoms with Crippen molar-refractivity contribution >= 4 is 0 Å². The van der Waals surface area contributed by atoms with Crippen LogP contribution in [0.25, 0.3) is 0 Å². The topological polar surface area (TPSA) is 24.5 Å². The first-order chi connectivity index (χ1) is 8.15. The SMILES string of the molecule is CCCC1CNC(C)(CC)CN1CCCOC. The molecule has 2 unspecified atom stereocenters. The van der Waals surface area contributed by atoms with Crippen LogP contribution in [-0.4, -0.2) is 49.8 Å². The number of methoxy groups -OCH3 is 1. The summed E-state index contributed by atoms with van der Waals surface area (Å²) in [6, 6.07) is 0.719. The van der Waals surface area contributed by atoms with E-state index in [-0.39, 0.29) is 0 Å². The molecular formula is C14H30N2O. The highest BCUT2D eigenvalue weighted by atomic mass is 16.5. The van der Waals surface area contributed by atoms with Gasteiger partial charge >= 0.3 is 0 Å². The third-order valence-electron chi connectivity index (χ3n) is 4.03. The van der Waals surface area contributed by atoms with Crippen molar-refractivity contribution in [3.8, 4) is 0 Å². The summed E-state index contributed by atoms with van der Waals surface area (Å²) < 4.78 is 5.16. The van der Waals surface area contributed by atoms with E-state index >= 15 is 0 Å². The maximum absolute atomic E-state index is 5.16. The Hall–Kier alpha value is -0.120. The Morgan fingerprint density at radius 3 is 2.76 bits per heavy atom. The Kier molecular flexibility index (Phi) is 6.45. The lowest BCUT2D eigenvalue weighted by Gasteiger charge is -2.46. The van der Waals surface area contributed by atoms with E-state index in [1.54, 1.807) is 7.11 Å². The fourth-order valence-electron chi connectivity index (χ4n) is 2.65. The highest BCUT2D eigenvalue weighted by Gasteiger charge is 2.33. The quantitative estimate of drug-likeness (QED) is 0.693. The fraction of sp³-hybridized carbons (Fsp3) is 1.00. The minimum absolute atomic E-state index is 0.303. The third-order valence-corrected chi connectivity index (χ3v) is 4.03. The zero-order valence-corrected chi connectivity index (χ0v) is 12.1. The van der Waals surface area contributed by atoms with Crippen molar-refractivity contribution in [2.45, 2.75) is 58.0 Å². The van der Waals surface area contributed by atoms with Crippen LogP contribution in [0.3, 0.4) is 0 Å². The van der Waals surface area contributed by atoms with Gasteiger partial charge in [-0.15, -0.1) is 0 Å². The Labute approximate surface area is 107 Å². The van der Waals surface area contributed by atoms with Gasteiger partial charge in [0.15, 0.2) is 0 Å². The van der Waals surface area contributed by atoms with E-state index < -0.39 is 0 Å². The maximum Gasteiger partial charge on any atom is 0.0474 e. The van der Waals surface area contributed by atoms with E-state index in [9.17, 15) is 0 Å². The lowest BCUT2D eigenvalue weighted by molar-refractivity contribution is 0.0692. The molecule has 0 bridgehead atoms. The molecular weight excluding hydrogens is 212 g/mol. The summed E-state index contributed by atoms with van der Waals surface area (Å²) in [4.78, 5) is 2.67. The normalized spacial score (nSPS) is 30.7. The van der Waals surface area contributed by atoms with Crippen LogP contribution >= 0.6 is 0 Å². The van der Waals surface area contributed by atoms with Crippen molar-refractivity contribution < 1.29 is 4.74 Å². The molecule has 17 heavy (non-hydrogen) atoms. The minimum atomic E-state index is 0.303. The molecule has 0 aromatic rings. The average Bonchev–Trinajstić information content (AvgIpc) is 2.33. The predicted octanol–water partition coefficient (Wildman–Crippen LogP) is 2.27. The standard InChI is InChI=1S/C14H30N2O/c1-5-8-13-11-15-14(3,6-2)12-16(13)9-7-10-17-4/h13,15H,5-12H2,1-4H3. The zero-order valence-electron chi connectivity index (χ0n) is 12.1. The van der Waals surface area contributed by atoms with Gasteiger partial charge < -0.3 is 10.1 Å². The number of piperazine rings is 1. The summed E-state index contributed by atoms with van der Waals surface area (Å²) in [5.41, 5.74) is 0.303. The summed E-state index contributed by atoms with van der Waals surface area (Å²) in [7, 11) is 1.79. The highest BCUT2D eigenvalue weighted by molar-refractivity contribution is 4.94. The van der Waals surface area contributed by atoms with E-state index in [2.05, 4.69) is 31.0 Å². The van der Waals surface area contributed by atoms with Gasteiger partial charge in [-0.05, 0) is 26.2 Å². The number of nitrogens with zero attached hydrogens (tertiary/aromatic N) is 1. The van der Waals surface area contributed by atoms with Gasteiger partial charge in [0, 0.05) is 44.9 Å². The van der Waals surface area contributed by atoms with Crippen molar-refractivity contribution in [3.63, 3.8) is 0 Å². The van der Waals surface area contributed by atoms with E-state index in [0.717, 1.165) is 25.6 Å². The van der Waals surface area contributed by atoms with Gasteiger partial charge in [-0.25, -0.2) is 0 Å². The van der Waals surface area contributed by atoms with E-state index in [4.69, 9.17) is 4.74 Å². The van der Waals surface area contributed by atoms with E-state index in [1.165, 1.54) is 32.4 Å². The molecule has 0 spiro atoms. The molecule has 0 saturated carbocycles. The Morgan fingerprint density at radius 2 is 2.18 bits per heavy atom. The Balaban J connectivity index is 2.49. The molecule has 3 nitrogen and oxygen atoms in total. The molecule has 1 heterocycles. The Bertz CT molecular complexity index is 210. The van der Waals surface area contributed by atoms with Gasteiger partial charge in [0.1, 0.15) is 0 Å². The van der Waals surface area contributed by atoms with Crippen molar-refractivity contribution in [3.05, 3.63) is 0 Å². The van der Waals surface area contributed by atoms with Gasteiger partial charge in [0.2, 0.25) is 0 Å². The second kappa shape index (κ2) is 7.34. The van der Waals surface area contributed by atoms with Gasteiger partial charge in [0.05, 0.1) is 0 Å². The summed E-state index contributed by atoms with van der Waals surface area (Å²) >= 11 is 0. The van der Waals surface area contributed by atoms with E-state index in [1.807, 2.05) is 0 Å². The van der Waals surface area contributed by atoms with E-state index in [0.29, 0.717) is 5.54 Å². The van der Waals surface area contributed by atoms with Gasteiger partial charge in [-0.2, -0.15) is 0 Å². The van der Waals surface area contributed by atoms with Gasteiger partial charge in [-0.3, -0.25) is 4.90 Å². The molecule has 1 aliphatic rings. The average molecular weight is 242 g/mol. The number of rotatable bonds is 7. The number of hydrogen-bond acceptors (Lipinski definition) is 3. The molecule has 2 atom stereocenters. The molecule has 1 saturated heterocycles. The summed E-state index contributed by atoms with van der Waals surface area (Å²) in [5.74, 6) is 0. The van der Waals surface area contributed by atoms with Crippen molar-refractivity contribution in [1.29, 1.82) is 0 Å². The summed E-state index contributed by atoms with van der Waals surface area (Å²) in [5, 5.41) is 3.73. The van der Waals surface area contributed by atoms with Crippen LogP contribution in [0.1, 0.15) is 46.5 Å². The molecule has 0 aliphatic carbocycles. The van der Waals surface area contributed by atoms with Crippen LogP contribution in [0, 0.1) is 0 Å². The molecule has 1 rings (SSSR count). The molecule has 102 valence electrons. The van der Waals surface area contributed by atoms with Crippen LogP contribution in [-0.2, 0) is 4.74 Å². The first-order valence-electron chi connectivity index (χ1n) is 7.13. The lowest BCUT2D eigenvalue weighted by atomic mass is 9.92. The number of nitrogens with one attached hydrogen (secondary N) is 1. The largest absolute Gasteiger partial charge is 0.385 e. The summed E-state index contributed by atoms with van der Waals surface area (Å²) in [6.07, 6.45) is 4.93. The second-order valence-corrected chi connectivity index (χ2v) is 5.55. The van der Waals surface area contributed by atoms with Crippen molar-refractivity contribution in [2.75, 3.05) is 33.4 Å². The van der Waals surface area contributed by atoms with Crippen LogP contribution in [0.15, 0.2) is 0 Å². The van der Waals surface area contributed by atoms with Crippen LogP contribution in [0.5, 0.6) is 0 Å². The minimum Gasteiger partial charge on any atom is -0.385 e. The third kappa shape index (κ3) is 4.57. The lowest BCUT2D eigenvalue weighted by Crippen LogP contribution is -2.62. The first kappa shape index (κ1) is 14.9. The molecule has 1 N–H and O–H groups in total. The zero-order chi connectivity index (χ0) is 12.7. The summed E-state index contributed by atoms with van der Waals surface area (Å²) in [6.45, 7) is 11.3. The van der Waals surface area contributed by atoms with Gasteiger partial charge in [-0.1, -0.05) is 20.3 Å². The molecule has 0 radical (unpaired) electrons. The van der Waals surface area contributed by atoms with Gasteiger partial charge in [0.25, 0.3) is 0 Å². The highest BCUT2D eigenvalue weighted by Crippen LogP contribution is 2.21. The number of hydrogen-bond donors (Lipinski definition) is 1. The molecule has 1 aliphatic heterocycles. The molecule has 3 heteroatoms. The Morgan fingerprint density at radius 1 is 1.41 bits per heavy atom.